The smallest absolute Gasteiger partial charge is 0.436 e. The average molecular weight is 294 g/mol. The molecule has 0 saturated carbocycles. The fourth-order valence-electron chi connectivity index (χ4n) is 1.55. The number of hydrogen-bond donors (Lipinski definition) is 0. The zero-order chi connectivity index (χ0) is 14.8. The molecule has 1 rings (SSSR count). The lowest BCUT2D eigenvalue weighted by molar-refractivity contribution is -0.105. The van der Waals surface area contributed by atoms with Crippen LogP contribution < -0.4 is 4.90 Å². The Hall–Kier alpha value is -1.82. The molecule has 0 saturated heterocycles. The molecule has 0 aromatic heterocycles. The molecule has 0 spiro atoms. The van der Waals surface area contributed by atoms with E-state index in [4.69, 9.17) is 4.74 Å². The Kier molecular flexibility index (Phi) is 7.42. The van der Waals surface area contributed by atoms with Gasteiger partial charge in [-0.1, -0.05) is 30.0 Å². The molecule has 0 aliphatic heterocycles. The Morgan fingerprint density at radius 3 is 2.60 bits per heavy atom. The molecule has 0 heterocycles. The van der Waals surface area contributed by atoms with Gasteiger partial charge in [-0.05, 0) is 26.0 Å². The number of amides is 1. The van der Waals surface area contributed by atoms with Crippen molar-refractivity contribution in [2.45, 2.75) is 13.8 Å². The highest BCUT2D eigenvalue weighted by atomic mass is 32.2. The van der Waals surface area contributed by atoms with Crippen molar-refractivity contribution in [3.05, 3.63) is 30.3 Å². The van der Waals surface area contributed by atoms with E-state index in [0.29, 0.717) is 11.7 Å². The third-order valence-corrected chi connectivity index (χ3v) is 3.22. The first-order valence-corrected chi connectivity index (χ1v) is 7.35. The maximum Gasteiger partial charge on any atom is 0.436 e. The highest BCUT2D eigenvalue weighted by Gasteiger charge is 2.14. The second-order valence-corrected chi connectivity index (χ2v) is 4.64. The molecule has 20 heavy (non-hydrogen) atoms. The van der Waals surface area contributed by atoms with Gasteiger partial charge < -0.3 is 14.4 Å². The number of carbonyl (C=O) groups excluding carboxylic acids is 2. The van der Waals surface area contributed by atoms with E-state index in [1.165, 1.54) is 11.8 Å². The van der Waals surface area contributed by atoms with Gasteiger partial charge in [0, 0.05) is 12.2 Å². The summed E-state index contributed by atoms with van der Waals surface area (Å²) in [5.74, 6) is 0.238. The van der Waals surface area contributed by atoms with Crippen molar-refractivity contribution in [1.29, 1.82) is 0 Å². The summed E-state index contributed by atoms with van der Waals surface area (Å²) in [6.45, 7) is 4.58. The molecule has 0 N–H and O–H groups in total. The van der Waals surface area contributed by atoms with Crippen LogP contribution in [0.1, 0.15) is 13.8 Å². The zero-order valence-corrected chi connectivity index (χ0v) is 12.4. The van der Waals surface area contributed by atoms with Crippen LogP contribution in [0, 0.1) is 0 Å². The van der Waals surface area contributed by atoms with Crippen LogP contribution in [-0.4, -0.2) is 36.5 Å². The molecule has 0 unspecified atom stereocenters. The minimum Gasteiger partial charge on any atom is -0.448 e. The van der Waals surface area contributed by atoms with Crippen LogP contribution in [0.5, 0.6) is 0 Å². The molecular weight excluding hydrogens is 276 g/mol. The van der Waals surface area contributed by atoms with Crippen LogP contribution in [0.3, 0.4) is 0 Å². The van der Waals surface area contributed by atoms with Crippen molar-refractivity contribution in [2.24, 2.45) is 4.99 Å². The van der Waals surface area contributed by atoms with E-state index in [-0.39, 0.29) is 12.4 Å². The van der Waals surface area contributed by atoms with Gasteiger partial charge in [0.1, 0.15) is 6.29 Å². The normalized spacial score (nSPS) is 11.0. The van der Waals surface area contributed by atoms with Crippen LogP contribution >= 0.6 is 11.8 Å². The molecule has 5 nitrogen and oxygen atoms in total. The molecule has 108 valence electrons. The summed E-state index contributed by atoms with van der Waals surface area (Å²) in [6, 6.07) is 9.57. The maximum atomic E-state index is 11.5. The molecular formula is C14H18N2O3S. The number of benzene rings is 1. The number of thioether (sulfide) groups is 1. The summed E-state index contributed by atoms with van der Waals surface area (Å²) >= 11 is 1.21. The number of anilines is 1. The zero-order valence-electron chi connectivity index (χ0n) is 11.6. The Balaban J connectivity index is 3.00. The number of carbonyl (C=O) groups is 2. The van der Waals surface area contributed by atoms with Gasteiger partial charge in [0.05, 0.1) is 12.4 Å². The summed E-state index contributed by atoms with van der Waals surface area (Å²) in [6.07, 6.45) is 0.139. The minimum atomic E-state index is -0.643. The van der Waals surface area contributed by atoms with Crippen LogP contribution in [0.4, 0.5) is 10.5 Å². The van der Waals surface area contributed by atoms with Crippen LogP contribution in [-0.2, 0) is 9.53 Å². The molecule has 0 aliphatic carbocycles. The quantitative estimate of drug-likeness (QED) is 0.475. The number of aldehydes is 1. The third kappa shape index (κ3) is 5.05. The van der Waals surface area contributed by atoms with Crippen molar-refractivity contribution < 1.29 is 14.3 Å². The predicted molar refractivity (Wildman–Crippen MR) is 82.4 cm³/mol. The number of hydrogen-bond acceptors (Lipinski definition) is 4. The Morgan fingerprint density at radius 1 is 1.35 bits per heavy atom. The largest absolute Gasteiger partial charge is 0.448 e. The van der Waals surface area contributed by atoms with Crippen molar-refractivity contribution in [2.75, 3.05) is 23.8 Å². The summed E-state index contributed by atoms with van der Waals surface area (Å²) in [5.41, 5.74) is 0.913. The molecule has 0 atom stereocenters. The second kappa shape index (κ2) is 9.14. The fraction of sp³-hybridized carbons (Fsp3) is 0.357. The second-order valence-electron chi connectivity index (χ2n) is 3.65. The molecule has 1 amide bonds. The van der Waals surface area contributed by atoms with Crippen molar-refractivity contribution >= 4 is 35.0 Å². The Labute approximate surface area is 123 Å². The average Bonchev–Trinajstić information content (AvgIpc) is 2.46. The SMILES string of the molecule is CCOC(=O)/N=C(\SCC=O)N(CC)c1ccccc1. The van der Waals surface area contributed by atoms with Gasteiger partial charge in [0.15, 0.2) is 5.17 Å². The lowest BCUT2D eigenvalue weighted by atomic mass is 10.3. The van der Waals surface area contributed by atoms with E-state index in [1.54, 1.807) is 6.92 Å². The first-order chi connectivity index (χ1) is 9.72. The topological polar surface area (TPSA) is 59.0 Å². The molecule has 6 heteroatoms. The lowest BCUT2D eigenvalue weighted by Crippen LogP contribution is -2.29. The molecule has 0 radical (unpaired) electrons. The van der Waals surface area contributed by atoms with Crippen LogP contribution in [0.25, 0.3) is 0 Å². The molecule has 0 aliphatic rings. The Morgan fingerprint density at radius 2 is 2.05 bits per heavy atom. The van der Waals surface area contributed by atoms with Crippen molar-refractivity contribution in [1.82, 2.24) is 0 Å². The van der Waals surface area contributed by atoms with Gasteiger partial charge in [-0.15, -0.1) is 0 Å². The number of rotatable bonds is 5. The fourth-order valence-corrected chi connectivity index (χ4v) is 2.30. The first-order valence-electron chi connectivity index (χ1n) is 6.37. The van der Waals surface area contributed by atoms with E-state index in [9.17, 15) is 9.59 Å². The number of amidine groups is 1. The highest BCUT2D eigenvalue weighted by Crippen LogP contribution is 2.19. The monoisotopic (exact) mass is 294 g/mol. The molecule has 1 aromatic rings. The molecule has 0 bridgehead atoms. The van der Waals surface area contributed by atoms with Gasteiger partial charge in [0.25, 0.3) is 0 Å². The van der Waals surface area contributed by atoms with Crippen LogP contribution in [0.15, 0.2) is 35.3 Å². The van der Waals surface area contributed by atoms with E-state index in [0.717, 1.165) is 12.0 Å². The summed E-state index contributed by atoms with van der Waals surface area (Å²) < 4.78 is 4.83. The predicted octanol–water partition coefficient (Wildman–Crippen LogP) is 2.96. The third-order valence-electron chi connectivity index (χ3n) is 2.35. The summed E-state index contributed by atoms with van der Waals surface area (Å²) in [7, 11) is 0. The maximum absolute atomic E-state index is 11.5. The van der Waals surface area contributed by atoms with Crippen molar-refractivity contribution in [3.8, 4) is 0 Å². The van der Waals surface area contributed by atoms with E-state index in [2.05, 4.69) is 4.99 Å². The van der Waals surface area contributed by atoms with E-state index < -0.39 is 6.09 Å². The highest BCUT2D eigenvalue weighted by molar-refractivity contribution is 8.14. The standard InChI is InChI=1S/C14H18N2O3S/c1-3-16(12-8-6-5-7-9-12)13(20-11-10-17)15-14(18)19-4-2/h5-10H,3-4,11H2,1-2H3/b15-13-. The number of aliphatic imine (C=N–C) groups is 1. The minimum absolute atomic E-state index is 0.238. The van der Waals surface area contributed by atoms with E-state index in [1.807, 2.05) is 42.2 Å². The summed E-state index contributed by atoms with van der Waals surface area (Å²) in [4.78, 5) is 27.9. The molecule has 1 aromatic carbocycles. The van der Waals surface area contributed by atoms with Gasteiger partial charge in [-0.25, -0.2) is 4.79 Å². The van der Waals surface area contributed by atoms with E-state index >= 15 is 0 Å². The lowest BCUT2D eigenvalue weighted by Gasteiger charge is -2.23. The van der Waals surface area contributed by atoms with Gasteiger partial charge in [0.2, 0.25) is 0 Å². The number of nitrogens with zero attached hydrogens (tertiary/aromatic N) is 2. The van der Waals surface area contributed by atoms with Gasteiger partial charge in [-0.2, -0.15) is 4.99 Å². The molecule has 0 fully saturated rings. The van der Waals surface area contributed by atoms with Gasteiger partial charge in [-0.3, -0.25) is 0 Å². The van der Waals surface area contributed by atoms with Gasteiger partial charge >= 0.3 is 6.09 Å². The van der Waals surface area contributed by atoms with Crippen LogP contribution in [0.2, 0.25) is 0 Å². The number of para-hydroxylation sites is 1. The number of ether oxygens (including phenoxy) is 1. The summed E-state index contributed by atoms with van der Waals surface area (Å²) in [5, 5.41) is 0.462. The Bertz CT molecular complexity index is 463. The van der Waals surface area contributed by atoms with Crippen molar-refractivity contribution in [3.63, 3.8) is 0 Å². The first kappa shape index (κ1) is 16.2.